The fraction of sp³-hybridized carbons (Fsp3) is 0.385. The number of rotatable bonds is 3. The molecule has 1 aromatic heterocycles. The molecule has 0 spiro atoms. The van der Waals surface area contributed by atoms with Gasteiger partial charge in [0.15, 0.2) is 0 Å². The molecule has 2 heteroatoms. The van der Waals surface area contributed by atoms with Crippen LogP contribution in [0.2, 0.25) is 17.6 Å². The molecule has 3 unspecified atom stereocenters. The second-order valence-corrected chi connectivity index (χ2v) is 13.6. The van der Waals surface area contributed by atoms with Crippen LogP contribution in [0, 0.1) is 0 Å². The Morgan fingerprint density at radius 2 is 1.71 bits per heavy atom. The van der Waals surface area contributed by atoms with Gasteiger partial charge in [-0.2, -0.15) is 0 Å². The zero-order chi connectivity index (χ0) is 19.1. The molecule has 0 fully saturated rings. The third-order valence-corrected chi connectivity index (χ3v) is 13.1. The van der Waals surface area contributed by atoms with Crippen LogP contribution >= 0.6 is 0 Å². The first-order valence-corrected chi connectivity index (χ1v) is 13.6. The van der Waals surface area contributed by atoms with Gasteiger partial charge in [0, 0.05) is 29.6 Å². The van der Waals surface area contributed by atoms with Crippen molar-refractivity contribution in [1.82, 2.24) is 4.57 Å². The Labute approximate surface area is 170 Å². The molecule has 28 heavy (non-hydrogen) atoms. The van der Waals surface area contributed by atoms with Gasteiger partial charge in [-0.1, -0.05) is 78.6 Å². The normalized spacial score (nSPS) is 27.3. The van der Waals surface area contributed by atoms with Crippen molar-refractivity contribution in [3.8, 4) is 0 Å². The molecule has 4 aliphatic rings. The van der Waals surface area contributed by atoms with Crippen LogP contribution in [0.4, 0.5) is 0 Å². The molecule has 0 saturated heterocycles. The molecule has 3 atom stereocenters. The molecule has 0 aliphatic heterocycles. The summed E-state index contributed by atoms with van der Waals surface area (Å²) in [6.45, 7) is 2.66. The molecule has 0 bridgehead atoms. The largest absolute Gasteiger partial charge is 0.350 e. The standard InChI is InChI=1S/C26H31NSi/c1-27-25-16-10-9-15-23(25)24-18-17-22(19-26(24)27)28(2,20-11-5-3-6-12-20)21-13-7-4-8-14-21/h3,5-7,9,11,13-15,17-18,20,22H,4,8,10,12,16,19H2,1-2H3. The maximum Gasteiger partial charge on any atom is 0.0974 e. The molecule has 0 aromatic carbocycles. The van der Waals surface area contributed by atoms with Gasteiger partial charge in [0.2, 0.25) is 0 Å². The third-order valence-electron chi connectivity index (χ3n) is 7.60. The van der Waals surface area contributed by atoms with Gasteiger partial charge in [-0.3, -0.25) is 0 Å². The molecule has 4 aliphatic carbocycles. The molecule has 0 amide bonds. The van der Waals surface area contributed by atoms with Crippen LogP contribution in [0.5, 0.6) is 0 Å². The second kappa shape index (κ2) is 7.08. The number of hydrogen-bond acceptors (Lipinski definition) is 0. The lowest BCUT2D eigenvalue weighted by Crippen LogP contribution is -2.44. The molecule has 0 saturated carbocycles. The van der Waals surface area contributed by atoms with Gasteiger partial charge in [0.05, 0.1) is 8.07 Å². The Bertz CT molecular complexity index is 965. The molecule has 1 aromatic rings. The van der Waals surface area contributed by atoms with Gasteiger partial charge in [-0.05, 0) is 49.6 Å². The number of nitrogens with zero attached hydrogens (tertiary/aromatic N) is 1. The lowest BCUT2D eigenvalue weighted by atomic mass is 9.97. The fourth-order valence-corrected chi connectivity index (χ4v) is 10.5. The minimum absolute atomic E-state index is 0.661. The first kappa shape index (κ1) is 18.0. The van der Waals surface area contributed by atoms with E-state index in [0.29, 0.717) is 11.1 Å². The van der Waals surface area contributed by atoms with Crippen LogP contribution in [0.25, 0.3) is 12.2 Å². The lowest BCUT2D eigenvalue weighted by Gasteiger charge is -2.43. The third kappa shape index (κ3) is 2.73. The SMILES string of the molecule is Cn1c2c(c3c1CC([Si](C)(C1=CCCC=C1)C1C=CC=CC1)C=C3)C=CCC2. The average molecular weight is 386 g/mol. The van der Waals surface area contributed by atoms with Crippen LogP contribution in [0.15, 0.2) is 59.9 Å². The van der Waals surface area contributed by atoms with Gasteiger partial charge < -0.3 is 4.57 Å². The van der Waals surface area contributed by atoms with Crippen molar-refractivity contribution in [3.63, 3.8) is 0 Å². The highest BCUT2D eigenvalue weighted by Gasteiger charge is 2.45. The van der Waals surface area contributed by atoms with E-state index in [1.807, 2.05) is 0 Å². The van der Waals surface area contributed by atoms with E-state index in [4.69, 9.17) is 0 Å². The summed E-state index contributed by atoms with van der Waals surface area (Å²) in [5.74, 6) is 0. The Balaban J connectivity index is 1.57. The highest BCUT2D eigenvalue weighted by Crippen LogP contribution is 2.49. The van der Waals surface area contributed by atoms with Crippen LogP contribution in [-0.4, -0.2) is 12.6 Å². The smallest absolute Gasteiger partial charge is 0.0974 e. The number of hydrogen-bond donors (Lipinski definition) is 0. The maximum atomic E-state index is 2.66. The van der Waals surface area contributed by atoms with Crippen molar-refractivity contribution in [2.45, 2.75) is 56.2 Å². The van der Waals surface area contributed by atoms with E-state index < -0.39 is 8.07 Å². The molecule has 144 valence electrons. The van der Waals surface area contributed by atoms with Crippen LogP contribution < -0.4 is 0 Å². The Morgan fingerprint density at radius 3 is 2.50 bits per heavy atom. The van der Waals surface area contributed by atoms with Crippen molar-refractivity contribution in [2.24, 2.45) is 7.05 Å². The summed E-state index contributed by atoms with van der Waals surface area (Å²) in [7, 11) is 0.567. The van der Waals surface area contributed by atoms with Gasteiger partial charge in [0.1, 0.15) is 0 Å². The highest BCUT2D eigenvalue weighted by atomic mass is 28.3. The topological polar surface area (TPSA) is 4.93 Å². The van der Waals surface area contributed by atoms with E-state index in [0.717, 1.165) is 0 Å². The predicted molar refractivity (Wildman–Crippen MR) is 124 cm³/mol. The average Bonchev–Trinajstić information content (AvgIpc) is 3.06. The molecule has 1 nitrogen and oxygen atoms in total. The van der Waals surface area contributed by atoms with Gasteiger partial charge >= 0.3 is 0 Å². The van der Waals surface area contributed by atoms with Crippen molar-refractivity contribution in [2.75, 3.05) is 0 Å². The van der Waals surface area contributed by atoms with E-state index in [9.17, 15) is 0 Å². The van der Waals surface area contributed by atoms with E-state index in [1.54, 1.807) is 16.6 Å². The minimum atomic E-state index is -1.73. The van der Waals surface area contributed by atoms with Crippen LogP contribution in [0.3, 0.4) is 0 Å². The second-order valence-electron chi connectivity index (χ2n) is 8.97. The molecule has 1 heterocycles. The van der Waals surface area contributed by atoms with E-state index in [-0.39, 0.29) is 0 Å². The number of aromatic nitrogens is 1. The zero-order valence-electron chi connectivity index (χ0n) is 17.2. The Hall–Kier alpha value is -2.06. The summed E-state index contributed by atoms with van der Waals surface area (Å²) in [5.41, 5.74) is 7.44. The van der Waals surface area contributed by atoms with E-state index in [1.165, 1.54) is 49.7 Å². The number of fused-ring (bicyclic) bond motifs is 3. The van der Waals surface area contributed by atoms with Gasteiger partial charge in [-0.25, -0.2) is 0 Å². The summed E-state index contributed by atoms with van der Waals surface area (Å²) < 4.78 is 2.53. The number of allylic oxidation sites excluding steroid dienone is 10. The van der Waals surface area contributed by atoms with Crippen LogP contribution in [-0.2, 0) is 19.9 Å². The first-order valence-electron chi connectivity index (χ1n) is 10.9. The monoisotopic (exact) mass is 385 g/mol. The minimum Gasteiger partial charge on any atom is -0.350 e. The quantitative estimate of drug-likeness (QED) is 0.510. The van der Waals surface area contributed by atoms with Gasteiger partial charge in [-0.15, -0.1) is 0 Å². The molecular weight excluding hydrogens is 354 g/mol. The summed E-state index contributed by atoms with van der Waals surface area (Å²) in [6, 6.07) is 0. The van der Waals surface area contributed by atoms with E-state index in [2.05, 4.69) is 85.0 Å². The van der Waals surface area contributed by atoms with Crippen molar-refractivity contribution in [1.29, 1.82) is 0 Å². The zero-order valence-corrected chi connectivity index (χ0v) is 18.2. The van der Waals surface area contributed by atoms with Crippen molar-refractivity contribution >= 4 is 20.2 Å². The summed E-state index contributed by atoms with van der Waals surface area (Å²) in [5, 5.41) is 1.68. The molecular formula is C26H31NSi. The highest BCUT2D eigenvalue weighted by molar-refractivity contribution is 6.89. The maximum absolute atomic E-state index is 2.66. The molecule has 0 radical (unpaired) electrons. The Kier molecular flexibility index (Phi) is 4.55. The predicted octanol–water partition coefficient (Wildman–Crippen LogP) is 6.70. The van der Waals surface area contributed by atoms with E-state index >= 15 is 0 Å². The van der Waals surface area contributed by atoms with Crippen molar-refractivity contribution < 1.29 is 0 Å². The Morgan fingerprint density at radius 1 is 0.857 bits per heavy atom. The summed E-state index contributed by atoms with van der Waals surface area (Å²) in [4.78, 5) is 0. The lowest BCUT2D eigenvalue weighted by molar-refractivity contribution is 0.734. The first-order chi connectivity index (χ1) is 13.7. The van der Waals surface area contributed by atoms with Gasteiger partial charge in [0.25, 0.3) is 0 Å². The fourth-order valence-electron chi connectivity index (χ4n) is 5.82. The van der Waals surface area contributed by atoms with Crippen LogP contribution in [0.1, 0.15) is 48.2 Å². The summed E-state index contributed by atoms with van der Waals surface area (Å²) in [6.07, 6.45) is 33.8. The summed E-state index contributed by atoms with van der Waals surface area (Å²) >= 11 is 0. The molecule has 0 N–H and O–H groups in total. The van der Waals surface area contributed by atoms with Crippen molar-refractivity contribution in [3.05, 3.63) is 82.4 Å². The molecule has 5 rings (SSSR count).